The summed E-state index contributed by atoms with van der Waals surface area (Å²) in [4.78, 5) is 12.0. The van der Waals surface area contributed by atoms with Gasteiger partial charge in [0.15, 0.2) is 0 Å². The maximum absolute atomic E-state index is 12.0. The smallest absolute Gasteiger partial charge is 0.224 e. The van der Waals surface area contributed by atoms with Crippen LogP contribution in [0.5, 0.6) is 0 Å². The molecule has 1 fully saturated rings. The Morgan fingerprint density at radius 3 is 2.72 bits per heavy atom. The number of carbonyl (C=O) groups excluding carboxylic acids is 1. The Morgan fingerprint density at radius 2 is 2.06 bits per heavy atom. The molecule has 0 aliphatic heterocycles. The highest BCUT2D eigenvalue weighted by Crippen LogP contribution is 2.18. The molecule has 0 radical (unpaired) electrons. The minimum atomic E-state index is 0.132. The topological polar surface area (TPSA) is 29.1 Å². The van der Waals surface area contributed by atoms with Gasteiger partial charge in [-0.1, -0.05) is 36.9 Å². The van der Waals surface area contributed by atoms with E-state index in [2.05, 4.69) is 5.32 Å². The van der Waals surface area contributed by atoms with Gasteiger partial charge in [-0.15, -0.1) is 0 Å². The standard InChI is InChI=1S/C15H20ClNO/c1-11-9-13(16)8-7-12(11)10-15(18)17-14-5-3-2-4-6-14/h7-9,14H,2-6,10H2,1H3,(H,17,18). The molecule has 0 spiro atoms. The first kappa shape index (κ1) is 13.4. The molecule has 3 heteroatoms. The van der Waals surface area contributed by atoms with Crippen LogP contribution in [0.25, 0.3) is 0 Å². The summed E-state index contributed by atoms with van der Waals surface area (Å²) in [5.41, 5.74) is 2.15. The van der Waals surface area contributed by atoms with Crippen molar-refractivity contribution in [1.29, 1.82) is 0 Å². The van der Waals surface area contributed by atoms with E-state index in [9.17, 15) is 4.79 Å². The lowest BCUT2D eigenvalue weighted by molar-refractivity contribution is -0.121. The highest BCUT2D eigenvalue weighted by atomic mass is 35.5. The number of nitrogens with one attached hydrogen (secondary N) is 1. The number of aryl methyl sites for hydroxylation is 1. The average Bonchev–Trinajstić information content (AvgIpc) is 2.34. The van der Waals surface area contributed by atoms with Gasteiger partial charge in [-0.3, -0.25) is 4.79 Å². The quantitative estimate of drug-likeness (QED) is 0.888. The lowest BCUT2D eigenvalue weighted by Gasteiger charge is -2.22. The summed E-state index contributed by atoms with van der Waals surface area (Å²) in [6, 6.07) is 6.08. The summed E-state index contributed by atoms with van der Waals surface area (Å²) in [5.74, 6) is 0.132. The largest absolute Gasteiger partial charge is 0.353 e. The molecule has 0 atom stereocenters. The number of halogens is 1. The molecule has 2 rings (SSSR count). The average molecular weight is 266 g/mol. The van der Waals surface area contributed by atoms with Crippen LogP contribution in [-0.2, 0) is 11.2 Å². The van der Waals surface area contributed by atoms with Crippen molar-refractivity contribution in [3.63, 3.8) is 0 Å². The molecule has 1 saturated carbocycles. The van der Waals surface area contributed by atoms with Crippen LogP contribution in [0, 0.1) is 6.92 Å². The van der Waals surface area contributed by atoms with E-state index in [1.165, 1.54) is 19.3 Å². The molecule has 0 unspecified atom stereocenters. The normalized spacial score (nSPS) is 16.6. The number of benzene rings is 1. The second kappa shape index (κ2) is 6.24. The van der Waals surface area contributed by atoms with E-state index >= 15 is 0 Å². The molecular weight excluding hydrogens is 246 g/mol. The fourth-order valence-corrected chi connectivity index (χ4v) is 2.78. The molecule has 98 valence electrons. The summed E-state index contributed by atoms with van der Waals surface area (Å²) in [7, 11) is 0. The molecule has 1 amide bonds. The van der Waals surface area contributed by atoms with Crippen molar-refractivity contribution in [2.24, 2.45) is 0 Å². The number of rotatable bonds is 3. The zero-order valence-electron chi connectivity index (χ0n) is 10.8. The molecule has 1 aromatic carbocycles. The highest BCUT2D eigenvalue weighted by Gasteiger charge is 2.16. The van der Waals surface area contributed by atoms with E-state index in [1.54, 1.807) is 0 Å². The molecule has 1 aliphatic carbocycles. The van der Waals surface area contributed by atoms with Gasteiger partial charge in [0.2, 0.25) is 5.91 Å². The monoisotopic (exact) mass is 265 g/mol. The molecule has 1 aliphatic rings. The Kier molecular flexibility index (Phi) is 4.65. The van der Waals surface area contributed by atoms with Crippen LogP contribution in [0.2, 0.25) is 5.02 Å². The number of carbonyl (C=O) groups is 1. The van der Waals surface area contributed by atoms with Crippen molar-refractivity contribution in [2.45, 2.75) is 51.5 Å². The summed E-state index contributed by atoms with van der Waals surface area (Å²) in [6.07, 6.45) is 6.51. The lowest BCUT2D eigenvalue weighted by Crippen LogP contribution is -2.37. The van der Waals surface area contributed by atoms with Crippen molar-refractivity contribution in [1.82, 2.24) is 5.32 Å². The van der Waals surface area contributed by atoms with Gasteiger partial charge in [0.05, 0.1) is 6.42 Å². The van der Waals surface area contributed by atoms with E-state index in [1.807, 2.05) is 25.1 Å². The second-order valence-corrected chi connectivity index (χ2v) is 5.59. The van der Waals surface area contributed by atoms with Crippen LogP contribution in [-0.4, -0.2) is 11.9 Å². The Hall–Kier alpha value is -1.02. The van der Waals surface area contributed by atoms with Crippen molar-refractivity contribution < 1.29 is 4.79 Å². The molecule has 0 saturated heterocycles. The Labute approximate surface area is 114 Å². The fraction of sp³-hybridized carbons (Fsp3) is 0.533. The van der Waals surface area contributed by atoms with E-state index in [0.717, 1.165) is 29.0 Å². The third-order valence-corrected chi connectivity index (χ3v) is 3.86. The van der Waals surface area contributed by atoms with Gasteiger partial charge in [-0.05, 0) is 43.0 Å². The Bertz CT molecular complexity index is 425. The van der Waals surface area contributed by atoms with Crippen LogP contribution in [0.4, 0.5) is 0 Å². The van der Waals surface area contributed by atoms with Crippen molar-refractivity contribution in [3.05, 3.63) is 34.3 Å². The third-order valence-electron chi connectivity index (χ3n) is 3.63. The van der Waals surface area contributed by atoms with Crippen LogP contribution in [0.15, 0.2) is 18.2 Å². The number of amides is 1. The molecule has 2 nitrogen and oxygen atoms in total. The van der Waals surface area contributed by atoms with Gasteiger partial charge in [0, 0.05) is 11.1 Å². The second-order valence-electron chi connectivity index (χ2n) is 5.15. The molecule has 0 bridgehead atoms. The van der Waals surface area contributed by atoms with Gasteiger partial charge >= 0.3 is 0 Å². The van der Waals surface area contributed by atoms with Crippen LogP contribution in [0.1, 0.15) is 43.2 Å². The zero-order valence-corrected chi connectivity index (χ0v) is 11.6. The molecule has 18 heavy (non-hydrogen) atoms. The molecule has 1 N–H and O–H groups in total. The van der Waals surface area contributed by atoms with Crippen molar-refractivity contribution in [2.75, 3.05) is 0 Å². The van der Waals surface area contributed by atoms with Crippen molar-refractivity contribution >= 4 is 17.5 Å². The van der Waals surface area contributed by atoms with Gasteiger partial charge in [-0.2, -0.15) is 0 Å². The van der Waals surface area contributed by atoms with E-state index < -0.39 is 0 Å². The molecular formula is C15H20ClNO. The minimum Gasteiger partial charge on any atom is -0.353 e. The Morgan fingerprint density at radius 1 is 1.33 bits per heavy atom. The summed E-state index contributed by atoms with van der Waals surface area (Å²) in [5, 5.41) is 3.86. The maximum Gasteiger partial charge on any atom is 0.224 e. The lowest BCUT2D eigenvalue weighted by atomic mass is 9.95. The van der Waals surface area contributed by atoms with Crippen LogP contribution < -0.4 is 5.32 Å². The minimum absolute atomic E-state index is 0.132. The van der Waals surface area contributed by atoms with Gasteiger partial charge in [-0.25, -0.2) is 0 Å². The summed E-state index contributed by atoms with van der Waals surface area (Å²) < 4.78 is 0. The third kappa shape index (κ3) is 3.74. The van der Waals surface area contributed by atoms with E-state index in [-0.39, 0.29) is 5.91 Å². The maximum atomic E-state index is 12.0. The first-order valence-electron chi connectivity index (χ1n) is 6.69. The Balaban J connectivity index is 1.90. The van der Waals surface area contributed by atoms with Gasteiger partial charge in [0.25, 0.3) is 0 Å². The first-order chi connectivity index (χ1) is 8.65. The van der Waals surface area contributed by atoms with Gasteiger partial charge < -0.3 is 5.32 Å². The SMILES string of the molecule is Cc1cc(Cl)ccc1CC(=O)NC1CCCCC1. The van der Waals surface area contributed by atoms with Crippen LogP contribution in [0.3, 0.4) is 0 Å². The number of hydrogen-bond donors (Lipinski definition) is 1. The van der Waals surface area contributed by atoms with E-state index in [0.29, 0.717) is 12.5 Å². The summed E-state index contributed by atoms with van der Waals surface area (Å²) in [6.45, 7) is 2.00. The predicted molar refractivity (Wildman–Crippen MR) is 74.9 cm³/mol. The molecule has 0 heterocycles. The van der Waals surface area contributed by atoms with Crippen LogP contribution >= 0.6 is 11.6 Å². The van der Waals surface area contributed by atoms with Crippen molar-refractivity contribution in [3.8, 4) is 0 Å². The zero-order chi connectivity index (χ0) is 13.0. The van der Waals surface area contributed by atoms with Gasteiger partial charge in [0.1, 0.15) is 0 Å². The fourth-order valence-electron chi connectivity index (χ4n) is 2.56. The predicted octanol–water partition coefficient (Wildman–Crippen LogP) is 3.64. The highest BCUT2D eigenvalue weighted by molar-refractivity contribution is 6.30. The number of hydrogen-bond acceptors (Lipinski definition) is 1. The molecule has 1 aromatic rings. The summed E-state index contributed by atoms with van der Waals surface area (Å²) >= 11 is 5.91. The first-order valence-corrected chi connectivity index (χ1v) is 7.07. The van der Waals surface area contributed by atoms with E-state index in [4.69, 9.17) is 11.6 Å². The molecule has 0 aromatic heterocycles.